The summed E-state index contributed by atoms with van der Waals surface area (Å²) in [5.74, 6) is 0.809. The van der Waals surface area contributed by atoms with Gasteiger partial charge in [-0.3, -0.25) is 4.79 Å². The minimum absolute atomic E-state index is 0.0553. The van der Waals surface area contributed by atoms with Crippen LogP contribution in [0.15, 0.2) is 12.1 Å². The molecule has 1 aromatic rings. The number of hydrogen-bond acceptors (Lipinski definition) is 4. The van der Waals surface area contributed by atoms with E-state index in [1.807, 2.05) is 19.9 Å². The highest BCUT2D eigenvalue weighted by Gasteiger charge is 2.25. The van der Waals surface area contributed by atoms with Crippen molar-refractivity contribution in [2.45, 2.75) is 20.3 Å². The molecule has 1 aliphatic heterocycles. The van der Waals surface area contributed by atoms with Crippen LogP contribution in [0.3, 0.4) is 0 Å². The van der Waals surface area contributed by atoms with Crippen molar-refractivity contribution in [3.05, 3.63) is 28.8 Å². The first-order valence-corrected chi connectivity index (χ1v) is 7.71. The second kappa shape index (κ2) is 7.35. The predicted octanol–water partition coefficient (Wildman–Crippen LogP) is 1.77. The van der Waals surface area contributed by atoms with E-state index in [1.165, 1.54) is 7.11 Å². The summed E-state index contributed by atoms with van der Waals surface area (Å²) in [6.45, 7) is 6.06. The van der Waals surface area contributed by atoms with Crippen LogP contribution in [0.5, 0.6) is 5.75 Å². The second-order valence-corrected chi connectivity index (χ2v) is 5.78. The highest BCUT2D eigenvalue weighted by atomic mass is 16.5. The maximum Gasteiger partial charge on any atom is 0.409 e. The minimum atomic E-state index is -0.340. The Morgan fingerprint density at radius 3 is 2.22 bits per heavy atom. The maximum atomic E-state index is 12.6. The Labute approximate surface area is 137 Å². The van der Waals surface area contributed by atoms with E-state index < -0.39 is 0 Å². The van der Waals surface area contributed by atoms with E-state index in [2.05, 4.69) is 6.07 Å². The van der Waals surface area contributed by atoms with Crippen molar-refractivity contribution in [3.63, 3.8) is 0 Å². The number of hydrogen-bond donors (Lipinski definition) is 0. The van der Waals surface area contributed by atoms with E-state index in [9.17, 15) is 9.59 Å². The number of benzene rings is 1. The lowest BCUT2D eigenvalue weighted by atomic mass is 10.0. The third-order valence-corrected chi connectivity index (χ3v) is 4.19. The Hall–Kier alpha value is -2.24. The molecule has 1 aromatic carbocycles. The Kier molecular flexibility index (Phi) is 5.47. The number of piperazine rings is 1. The van der Waals surface area contributed by atoms with Gasteiger partial charge in [-0.2, -0.15) is 0 Å². The van der Waals surface area contributed by atoms with Gasteiger partial charge in [0.15, 0.2) is 0 Å². The Bertz CT molecular complexity index is 593. The summed E-state index contributed by atoms with van der Waals surface area (Å²) >= 11 is 0. The first-order chi connectivity index (χ1) is 11.0. The highest BCUT2D eigenvalue weighted by Crippen LogP contribution is 2.25. The molecule has 0 spiro atoms. The topological polar surface area (TPSA) is 59.1 Å². The molecule has 0 radical (unpaired) electrons. The summed E-state index contributed by atoms with van der Waals surface area (Å²) < 4.78 is 10.1. The zero-order chi connectivity index (χ0) is 17.0. The monoisotopic (exact) mass is 320 g/mol. The molecule has 1 fully saturated rings. The zero-order valence-corrected chi connectivity index (χ0v) is 14.2. The molecule has 2 amide bonds. The largest absolute Gasteiger partial charge is 0.496 e. The third-order valence-electron chi connectivity index (χ3n) is 4.19. The number of carbonyl (C=O) groups is 2. The van der Waals surface area contributed by atoms with Gasteiger partial charge in [0.05, 0.1) is 20.6 Å². The molecule has 0 N–H and O–H groups in total. The smallest absolute Gasteiger partial charge is 0.409 e. The van der Waals surface area contributed by atoms with Gasteiger partial charge in [0.2, 0.25) is 5.91 Å². The molecule has 0 saturated carbocycles. The van der Waals surface area contributed by atoms with Gasteiger partial charge in [-0.25, -0.2) is 4.79 Å². The number of aryl methyl sites for hydroxylation is 2. The average Bonchev–Trinajstić information content (AvgIpc) is 2.56. The molecule has 0 aromatic heterocycles. The standard InChI is InChI=1S/C17H24N2O4/c1-12-9-13(2)14(15(10-12)22-3)11-16(20)18-5-7-19(8-6-18)17(21)23-4/h9-10H,5-8,11H2,1-4H3. The highest BCUT2D eigenvalue weighted by molar-refractivity contribution is 5.80. The zero-order valence-electron chi connectivity index (χ0n) is 14.2. The number of amides is 2. The van der Waals surface area contributed by atoms with E-state index in [0.29, 0.717) is 32.6 Å². The summed E-state index contributed by atoms with van der Waals surface area (Å²) in [5, 5.41) is 0. The summed E-state index contributed by atoms with van der Waals surface area (Å²) in [6.07, 6.45) is -0.0267. The average molecular weight is 320 g/mol. The summed E-state index contributed by atoms with van der Waals surface area (Å²) in [7, 11) is 2.99. The SMILES string of the molecule is COC(=O)N1CCN(C(=O)Cc2c(C)cc(C)cc2OC)CC1. The van der Waals surface area contributed by atoms with Crippen LogP contribution >= 0.6 is 0 Å². The van der Waals surface area contributed by atoms with Crippen LogP contribution < -0.4 is 4.74 Å². The summed E-state index contributed by atoms with van der Waals surface area (Å²) in [5.41, 5.74) is 3.10. The molecule has 1 saturated heterocycles. The molecule has 126 valence electrons. The molecular weight excluding hydrogens is 296 g/mol. The molecule has 1 aliphatic rings. The minimum Gasteiger partial charge on any atom is -0.496 e. The molecule has 0 aliphatic carbocycles. The maximum absolute atomic E-state index is 12.6. The van der Waals surface area contributed by atoms with E-state index >= 15 is 0 Å². The van der Waals surface area contributed by atoms with Gasteiger partial charge in [-0.1, -0.05) is 6.07 Å². The molecule has 0 atom stereocenters. The van der Waals surface area contributed by atoms with E-state index in [1.54, 1.807) is 16.9 Å². The molecule has 23 heavy (non-hydrogen) atoms. The molecule has 6 heteroatoms. The first kappa shape index (κ1) is 17.1. The first-order valence-electron chi connectivity index (χ1n) is 7.71. The van der Waals surface area contributed by atoms with Crippen LogP contribution in [0.25, 0.3) is 0 Å². The van der Waals surface area contributed by atoms with Crippen molar-refractivity contribution in [2.75, 3.05) is 40.4 Å². The molecule has 0 unspecified atom stereocenters. The van der Waals surface area contributed by atoms with Crippen LogP contribution in [0.2, 0.25) is 0 Å². The van der Waals surface area contributed by atoms with E-state index in [4.69, 9.17) is 9.47 Å². The predicted molar refractivity (Wildman–Crippen MR) is 86.7 cm³/mol. The van der Waals surface area contributed by atoms with Crippen molar-refractivity contribution in [2.24, 2.45) is 0 Å². The van der Waals surface area contributed by atoms with Crippen molar-refractivity contribution < 1.29 is 19.1 Å². The van der Waals surface area contributed by atoms with Crippen LogP contribution in [0.4, 0.5) is 4.79 Å². The number of nitrogens with zero attached hydrogens (tertiary/aromatic N) is 2. The van der Waals surface area contributed by atoms with Crippen molar-refractivity contribution >= 4 is 12.0 Å². The molecule has 6 nitrogen and oxygen atoms in total. The molecule has 0 bridgehead atoms. The Morgan fingerprint density at radius 1 is 1.04 bits per heavy atom. The van der Waals surface area contributed by atoms with Gasteiger partial charge in [0.25, 0.3) is 0 Å². The van der Waals surface area contributed by atoms with Crippen molar-refractivity contribution in [1.82, 2.24) is 9.80 Å². The van der Waals surface area contributed by atoms with Crippen LogP contribution in [-0.4, -0.2) is 62.2 Å². The second-order valence-electron chi connectivity index (χ2n) is 5.78. The number of ether oxygens (including phenoxy) is 2. The fourth-order valence-electron chi connectivity index (χ4n) is 2.90. The van der Waals surface area contributed by atoms with Crippen LogP contribution in [-0.2, 0) is 16.0 Å². The van der Waals surface area contributed by atoms with Crippen molar-refractivity contribution in [1.29, 1.82) is 0 Å². The number of carbonyl (C=O) groups excluding carboxylic acids is 2. The van der Waals surface area contributed by atoms with Crippen LogP contribution in [0.1, 0.15) is 16.7 Å². The van der Waals surface area contributed by atoms with Gasteiger partial charge in [-0.15, -0.1) is 0 Å². The molecule has 2 rings (SSSR count). The lowest BCUT2D eigenvalue weighted by Gasteiger charge is -2.34. The quantitative estimate of drug-likeness (QED) is 0.851. The number of methoxy groups -OCH3 is 2. The fraction of sp³-hybridized carbons (Fsp3) is 0.529. The van der Waals surface area contributed by atoms with Gasteiger partial charge >= 0.3 is 6.09 Å². The number of rotatable bonds is 3. The molecule has 1 heterocycles. The van der Waals surface area contributed by atoms with E-state index in [-0.39, 0.29) is 12.0 Å². The lowest BCUT2D eigenvalue weighted by molar-refractivity contribution is -0.132. The Morgan fingerprint density at radius 2 is 1.65 bits per heavy atom. The third kappa shape index (κ3) is 3.94. The fourth-order valence-corrected chi connectivity index (χ4v) is 2.90. The summed E-state index contributed by atoms with van der Waals surface area (Å²) in [4.78, 5) is 27.4. The van der Waals surface area contributed by atoms with Crippen LogP contribution in [0, 0.1) is 13.8 Å². The summed E-state index contributed by atoms with van der Waals surface area (Å²) in [6, 6.07) is 4.01. The van der Waals surface area contributed by atoms with Gasteiger partial charge in [-0.05, 0) is 31.0 Å². The van der Waals surface area contributed by atoms with Gasteiger partial charge in [0.1, 0.15) is 5.75 Å². The van der Waals surface area contributed by atoms with Crippen molar-refractivity contribution in [3.8, 4) is 5.75 Å². The van der Waals surface area contributed by atoms with Gasteiger partial charge in [0, 0.05) is 31.7 Å². The normalized spacial score (nSPS) is 14.6. The van der Waals surface area contributed by atoms with E-state index in [0.717, 1.165) is 22.4 Å². The molecular formula is C17H24N2O4. The Balaban J connectivity index is 2.02. The lowest BCUT2D eigenvalue weighted by Crippen LogP contribution is -2.51. The van der Waals surface area contributed by atoms with Gasteiger partial charge < -0.3 is 19.3 Å².